The molecule has 0 N–H and O–H groups in total. The Bertz CT molecular complexity index is 349. The maximum atomic E-state index is 6.56. The lowest BCUT2D eigenvalue weighted by atomic mass is 9.95. The van der Waals surface area contributed by atoms with Crippen LogP contribution < -0.4 is 0 Å². The van der Waals surface area contributed by atoms with Gasteiger partial charge >= 0.3 is 0 Å². The molecular weight excluding hydrogens is 375 g/mol. The monoisotopic (exact) mass is 386 g/mol. The van der Waals surface area contributed by atoms with E-state index in [1.54, 1.807) is 11.3 Å². The van der Waals surface area contributed by atoms with Crippen LogP contribution in [-0.2, 0) is 4.74 Å². The molecule has 0 amide bonds. The summed E-state index contributed by atoms with van der Waals surface area (Å²) in [5.74, 6) is 0.448. The molecule has 0 aromatic carbocycles. The fourth-order valence-corrected chi connectivity index (χ4v) is 4.76. The predicted octanol–water partition coefficient (Wildman–Crippen LogP) is 5.37. The molecule has 3 atom stereocenters. The molecule has 3 unspecified atom stereocenters. The number of thiophene rings is 1. The number of alkyl halides is 1. The smallest absolute Gasteiger partial charge is 0.0843 e. The first-order valence-electron chi connectivity index (χ1n) is 5.34. The highest BCUT2D eigenvalue weighted by atomic mass is 79.9. The molecule has 1 aromatic heterocycles. The normalized spacial score (nSPS) is 27.2. The Morgan fingerprint density at radius 1 is 1.62 bits per heavy atom. The van der Waals surface area contributed by atoms with Gasteiger partial charge in [0.2, 0.25) is 0 Å². The fourth-order valence-electron chi connectivity index (χ4n) is 2.13. The highest BCUT2D eigenvalue weighted by Crippen LogP contribution is 2.44. The third kappa shape index (κ3) is 2.66. The molecular formula is C11H13Br2ClOS. The van der Waals surface area contributed by atoms with E-state index >= 15 is 0 Å². The van der Waals surface area contributed by atoms with E-state index < -0.39 is 0 Å². The van der Waals surface area contributed by atoms with Crippen LogP contribution in [0.5, 0.6) is 0 Å². The van der Waals surface area contributed by atoms with Crippen LogP contribution in [0.15, 0.2) is 14.3 Å². The Labute approximate surface area is 122 Å². The van der Waals surface area contributed by atoms with Crippen LogP contribution in [0, 0.1) is 5.92 Å². The Morgan fingerprint density at radius 2 is 2.38 bits per heavy atom. The molecule has 0 aliphatic carbocycles. The van der Waals surface area contributed by atoms with Gasteiger partial charge in [0, 0.05) is 21.9 Å². The van der Waals surface area contributed by atoms with Crippen LogP contribution in [0.2, 0.25) is 0 Å². The lowest BCUT2D eigenvalue weighted by Gasteiger charge is -2.20. The minimum Gasteiger partial charge on any atom is -0.378 e. The molecule has 2 rings (SSSR count). The zero-order valence-electron chi connectivity index (χ0n) is 8.88. The third-order valence-corrected chi connectivity index (χ3v) is 7.00. The van der Waals surface area contributed by atoms with Gasteiger partial charge in [-0.3, -0.25) is 0 Å². The summed E-state index contributed by atoms with van der Waals surface area (Å²) < 4.78 is 7.89. The average molecular weight is 389 g/mol. The van der Waals surface area contributed by atoms with Gasteiger partial charge in [-0.05, 0) is 50.8 Å². The summed E-state index contributed by atoms with van der Waals surface area (Å²) in [5.41, 5.74) is 0. The standard InChI is InChI=1S/C11H13Br2ClOS/c1-2-8-6(3-4-15-8)10(14)9-5-7(12)11(13)16-9/h5-6,8,10H,2-4H2,1H3. The molecule has 1 saturated heterocycles. The molecule has 0 bridgehead atoms. The maximum Gasteiger partial charge on any atom is 0.0843 e. The Balaban J connectivity index is 2.14. The van der Waals surface area contributed by atoms with Gasteiger partial charge in [-0.1, -0.05) is 6.92 Å². The van der Waals surface area contributed by atoms with Crippen LogP contribution >= 0.6 is 54.8 Å². The van der Waals surface area contributed by atoms with E-state index in [0.717, 1.165) is 27.7 Å². The highest BCUT2D eigenvalue weighted by molar-refractivity contribution is 9.13. The van der Waals surface area contributed by atoms with Crippen molar-refractivity contribution in [2.45, 2.75) is 31.2 Å². The van der Waals surface area contributed by atoms with Gasteiger partial charge in [0.15, 0.2) is 0 Å². The summed E-state index contributed by atoms with van der Waals surface area (Å²) >= 11 is 15.3. The number of ether oxygens (including phenoxy) is 1. The summed E-state index contributed by atoms with van der Waals surface area (Å²) in [6, 6.07) is 2.11. The Hall–Kier alpha value is 0.910. The van der Waals surface area contributed by atoms with Crippen LogP contribution in [0.1, 0.15) is 30.0 Å². The van der Waals surface area contributed by atoms with E-state index in [1.807, 2.05) is 0 Å². The Morgan fingerprint density at radius 3 is 2.94 bits per heavy atom. The van der Waals surface area contributed by atoms with E-state index in [4.69, 9.17) is 16.3 Å². The Kier molecular flexibility index (Phi) is 4.75. The van der Waals surface area contributed by atoms with E-state index in [9.17, 15) is 0 Å². The van der Waals surface area contributed by atoms with Gasteiger partial charge in [0.1, 0.15) is 0 Å². The van der Waals surface area contributed by atoms with Gasteiger partial charge in [-0.25, -0.2) is 0 Å². The van der Waals surface area contributed by atoms with E-state index in [1.165, 1.54) is 4.88 Å². The molecule has 5 heteroatoms. The summed E-state index contributed by atoms with van der Waals surface area (Å²) in [4.78, 5) is 1.22. The van der Waals surface area contributed by atoms with Crippen molar-refractivity contribution >= 4 is 54.8 Å². The number of hydrogen-bond donors (Lipinski definition) is 0. The van der Waals surface area contributed by atoms with Crippen molar-refractivity contribution < 1.29 is 4.74 Å². The summed E-state index contributed by atoms with van der Waals surface area (Å²) in [6.45, 7) is 3.01. The average Bonchev–Trinajstić information content (AvgIpc) is 2.85. The van der Waals surface area contributed by atoms with Crippen molar-refractivity contribution in [3.8, 4) is 0 Å². The first-order chi connectivity index (χ1) is 7.63. The number of rotatable bonds is 3. The van der Waals surface area contributed by atoms with E-state index in [2.05, 4.69) is 44.8 Å². The molecule has 1 aliphatic heterocycles. The van der Waals surface area contributed by atoms with Crippen LogP contribution in [0.25, 0.3) is 0 Å². The van der Waals surface area contributed by atoms with Crippen LogP contribution in [0.3, 0.4) is 0 Å². The largest absolute Gasteiger partial charge is 0.378 e. The zero-order chi connectivity index (χ0) is 11.7. The first-order valence-corrected chi connectivity index (χ1v) is 8.17. The molecule has 2 heterocycles. The topological polar surface area (TPSA) is 9.23 Å². The zero-order valence-corrected chi connectivity index (χ0v) is 13.6. The van der Waals surface area contributed by atoms with Crippen LogP contribution in [-0.4, -0.2) is 12.7 Å². The highest BCUT2D eigenvalue weighted by Gasteiger charge is 2.34. The van der Waals surface area contributed by atoms with E-state index in [-0.39, 0.29) is 5.38 Å². The molecule has 1 aromatic rings. The quantitative estimate of drug-likeness (QED) is 0.633. The minimum atomic E-state index is 0.0695. The second-order valence-corrected chi connectivity index (χ2v) is 7.67. The van der Waals surface area contributed by atoms with E-state index in [0.29, 0.717) is 12.0 Å². The van der Waals surface area contributed by atoms with Gasteiger partial charge in [-0.2, -0.15) is 0 Å². The molecule has 0 spiro atoms. The summed E-state index contributed by atoms with van der Waals surface area (Å²) in [6.07, 6.45) is 2.43. The third-order valence-electron chi connectivity index (χ3n) is 2.97. The molecule has 90 valence electrons. The lowest BCUT2D eigenvalue weighted by molar-refractivity contribution is 0.0866. The molecule has 0 radical (unpaired) electrons. The lowest BCUT2D eigenvalue weighted by Crippen LogP contribution is -2.18. The second-order valence-electron chi connectivity index (χ2n) is 3.94. The SMILES string of the molecule is CCC1OCCC1C(Cl)c1cc(Br)c(Br)s1. The second kappa shape index (κ2) is 5.70. The summed E-state index contributed by atoms with van der Waals surface area (Å²) in [7, 11) is 0. The van der Waals surface area contributed by atoms with Crippen molar-refractivity contribution in [2.75, 3.05) is 6.61 Å². The van der Waals surface area contributed by atoms with Crippen molar-refractivity contribution in [3.05, 3.63) is 19.2 Å². The van der Waals surface area contributed by atoms with Crippen LogP contribution in [0.4, 0.5) is 0 Å². The van der Waals surface area contributed by atoms with Crippen molar-refractivity contribution in [3.63, 3.8) is 0 Å². The molecule has 1 fully saturated rings. The summed E-state index contributed by atoms with van der Waals surface area (Å²) in [5, 5.41) is 0.0695. The molecule has 0 saturated carbocycles. The molecule has 16 heavy (non-hydrogen) atoms. The molecule has 1 nitrogen and oxygen atoms in total. The van der Waals surface area contributed by atoms with Crippen molar-refractivity contribution in [2.24, 2.45) is 5.92 Å². The van der Waals surface area contributed by atoms with Gasteiger partial charge in [0.05, 0.1) is 15.3 Å². The predicted molar refractivity (Wildman–Crippen MR) is 76.5 cm³/mol. The minimum absolute atomic E-state index is 0.0695. The van der Waals surface area contributed by atoms with Gasteiger partial charge in [0.25, 0.3) is 0 Å². The maximum absolute atomic E-state index is 6.56. The van der Waals surface area contributed by atoms with Crippen molar-refractivity contribution in [1.29, 1.82) is 0 Å². The molecule has 1 aliphatic rings. The first kappa shape index (κ1) is 13.3. The number of hydrogen-bond acceptors (Lipinski definition) is 2. The van der Waals surface area contributed by atoms with Gasteiger partial charge in [-0.15, -0.1) is 22.9 Å². The number of halogens is 3. The fraction of sp³-hybridized carbons (Fsp3) is 0.636. The van der Waals surface area contributed by atoms with Gasteiger partial charge < -0.3 is 4.74 Å². The van der Waals surface area contributed by atoms with Crippen molar-refractivity contribution in [1.82, 2.24) is 0 Å².